The van der Waals surface area contributed by atoms with Crippen LogP contribution in [0.15, 0.2) is 47.4 Å². The normalized spacial score (nSPS) is 11.7. The molecule has 0 radical (unpaired) electrons. The number of aromatic nitrogens is 1. The molecule has 2 aromatic rings. The number of nitrogens with one attached hydrogen (secondary N) is 1. The average Bonchev–Trinajstić information content (AvgIpc) is 2.53. The Bertz CT molecular complexity index is 837. The van der Waals surface area contributed by atoms with Gasteiger partial charge in [-0.1, -0.05) is 12.1 Å². The smallest absolute Gasteiger partial charge is 0.416 e. The zero-order chi connectivity index (χ0) is 17.9. The van der Waals surface area contributed by atoms with Gasteiger partial charge in [0.25, 0.3) is 5.91 Å². The summed E-state index contributed by atoms with van der Waals surface area (Å²) >= 11 is 0. The third-order valence-corrected chi connectivity index (χ3v) is 3.21. The van der Waals surface area contributed by atoms with Crippen molar-refractivity contribution in [3.05, 3.63) is 69.6 Å². The van der Waals surface area contributed by atoms with E-state index in [1.807, 2.05) is 0 Å². The Morgan fingerprint density at radius 2 is 1.83 bits per heavy atom. The highest BCUT2D eigenvalue weighted by Crippen LogP contribution is 2.29. The minimum absolute atomic E-state index is 0.152. The number of rotatable bonds is 3. The molecule has 0 unspecified atom stereocenters. The van der Waals surface area contributed by atoms with Crippen molar-refractivity contribution in [3.63, 3.8) is 0 Å². The van der Waals surface area contributed by atoms with Crippen LogP contribution in [0, 0.1) is 6.92 Å². The summed E-state index contributed by atoms with van der Waals surface area (Å²) in [6.45, 7) is 1.44. The molecule has 5 nitrogen and oxygen atoms in total. The van der Waals surface area contributed by atoms with Crippen molar-refractivity contribution in [2.24, 2.45) is 0 Å². The number of halogens is 3. The molecule has 0 fully saturated rings. The van der Waals surface area contributed by atoms with E-state index in [0.29, 0.717) is 5.56 Å². The maximum Gasteiger partial charge on any atom is 0.416 e. The van der Waals surface area contributed by atoms with E-state index in [1.54, 1.807) is 0 Å². The van der Waals surface area contributed by atoms with Crippen LogP contribution >= 0.6 is 0 Å². The Balaban J connectivity index is 2.08. The molecule has 0 atom stereocenters. The van der Waals surface area contributed by atoms with Crippen molar-refractivity contribution in [2.75, 3.05) is 5.43 Å². The Labute approximate surface area is 134 Å². The predicted molar refractivity (Wildman–Crippen MR) is 81.9 cm³/mol. The molecule has 0 aliphatic rings. The zero-order valence-corrected chi connectivity index (χ0v) is 12.5. The summed E-state index contributed by atoms with van der Waals surface area (Å²) < 4.78 is 38.5. The molecule has 1 amide bonds. The van der Waals surface area contributed by atoms with Crippen LogP contribution in [-0.4, -0.2) is 15.7 Å². The Hall–Kier alpha value is -3.03. The molecule has 0 saturated carbocycles. The second-order valence-corrected chi connectivity index (χ2v) is 4.91. The summed E-state index contributed by atoms with van der Waals surface area (Å²) in [6.07, 6.45) is -0.671. The van der Waals surface area contributed by atoms with Gasteiger partial charge >= 0.3 is 6.18 Å². The molecule has 24 heavy (non-hydrogen) atoms. The number of hydrogen-bond acceptors (Lipinski definition) is 3. The van der Waals surface area contributed by atoms with E-state index >= 15 is 0 Å². The maximum atomic E-state index is 12.4. The van der Waals surface area contributed by atoms with Gasteiger partial charge in [0.05, 0.1) is 11.3 Å². The minimum Gasteiger partial charge on any atom is -0.503 e. The van der Waals surface area contributed by atoms with Gasteiger partial charge < -0.3 is 5.11 Å². The molecule has 1 aromatic carbocycles. The molecule has 2 rings (SSSR count). The third kappa shape index (κ3) is 4.03. The monoisotopic (exact) mass is 338 g/mol. The van der Waals surface area contributed by atoms with Crippen LogP contribution < -0.4 is 10.9 Å². The summed E-state index contributed by atoms with van der Waals surface area (Å²) in [6, 6.07) is 5.40. The molecule has 1 aromatic heterocycles. The Kier molecular flexibility index (Phi) is 4.77. The van der Waals surface area contributed by atoms with Crippen molar-refractivity contribution in [3.8, 4) is 5.75 Å². The molecule has 0 bridgehead atoms. The molecule has 2 N–H and O–H groups in total. The lowest BCUT2D eigenvalue weighted by atomic mass is 10.1. The lowest BCUT2D eigenvalue weighted by molar-refractivity contribution is -0.137. The van der Waals surface area contributed by atoms with Crippen LogP contribution in [0.1, 0.15) is 16.8 Å². The number of carbonyl (C=O) groups is 1. The lowest BCUT2D eigenvalue weighted by Gasteiger charge is -2.11. The molecular weight excluding hydrogens is 325 g/mol. The number of carbonyl (C=O) groups excluding carboxylic acids is 1. The highest BCUT2D eigenvalue weighted by atomic mass is 19.4. The topological polar surface area (TPSA) is 71.3 Å². The molecule has 0 spiro atoms. The fourth-order valence-electron chi connectivity index (χ4n) is 1.86. The second-order valence-electron chi connectivity index (χ2n) is 4.91. The number of amides is 1. The van der Waals surface area contributed by atoms with E-state index in [9.17, 15) is 27.9 Å². The zero-order valence-electron chi connectivity index (χ0n) is 12.5. The van der Waals surface area contributed by atoms with Gasteiger partial charge in [-0.25, -0.2) is 0 Å². The first-order chi connectivity index (χ1) is 11.2. The van der Waals surface area contributed by atoms with Gasteiger partial charge in [-0.3, -0.25) is 19.7 Å². The molecule has 0 aliphatic carbocycles. The molecule has 8 heteroatoms. The van der Waals surface area contributed by atoms with E-state index < -0.39 is 28.8 Å². The number of nitrogens with zero attached hydrogens (tertiary/aromatic N) is 1. The quantitative estimate of drug-likeness (QED) is 0.845. The first-order valence-corrected chi connectivity index (χ1v) is 6.76. The molecule has 0 aliphatic heterocycles. The number of alkyl halides is 3. The van der Waals surface area contributed by atoms with E-state index in [0.717, 1.165) is 29.0 Å². The first-order valence-electron chi connectivity index (χ1n) is 6.76. The third-order valence-electron chi connectivity index (χ3n) is 3.21. The van der Waals surface area contributed by atoms with Gasteiger partial charge in [0.1, 0.15) is 0 Å². The summed E-state index contributed by atoms with van der Waals surface area (Å²) in [5.74, 6) is -1.06. The molecule has 1 heterocycles. The van der Waals surface area contributed by atoms with E-state index in [2.05, 4.69) is 5.43 Å². The van der Waals surface area contributed by atoms with Crippen molar-refractivity contribution < 1.29 is 23.1 Å². The van der Waals surface area contributed by atoms with Gasteiger partial charge in [-0.2, -0.15) is 13.2 Å². The largest absolute Gasteiger partial charge is 0.503 e. The highest BCUT2D eigenvalue weighted by molar-refractivity contribution is 5.97. The van der Waals surface area contributed by atoms with Crippen LogP contribution in [0.4, 0.5) is 13.2 Å². The standard InChI is InChI=1S/C16H13F3N2O3/c1-10-15(24)13(22)8-9-21(10)20-14(23)7-4-11-2-5-12(6-3-11)16(17,18)19/h2-9,24H,1H3,(H,20,23)/b7-4+. The van der Waals surface area contributed by atoms with Crippen LogP contribution in [0.3, 0.4) is 0 Å². The Morgan fingerprint density at radius 3 is 2.42 bits per heavy atom. The molecule has 0 saturated heterocycles. The summed E-state index contributed by atoms with van der Waals surface area (Å²) in [5.41, 5.74) is 1.62. The van der Waals surface area contributed by atoms with Crippen molar-refractivity contribution in [1.29, 1.82) is 0 Å². The van der Waals surface area contributed by atoms with Crippen LogP contribution in [0.5, 0.6) is 5.75 Å². The van der Waals surface area contributed by atoms with Crippen molar-refractivity contribution in [2.45, 2.75) is 13.1 Å². The molecular formula is C16H13F3N2O3. The van der Waals surface area contributed by atoms with Gasteiger partial charge in [-0.05, 0) is 30.7 Å². The number of benzene rings is 1. The minimum atomic E-state index is -4.41. The number of hydrogen-bond donors (Lipinski definition) is 2. The van der Waals surface area contributed by atoms with Crippen molar-refractivity contribution in [1.82, 2.24) is 4.68 Å². The van der Waals surface area contributed by atoms with Gasteiger partial charge in [0.2, 0.25) is 5.43 Å². The maximum absolute atomic E-state index is 12.4. The van der Waals surface area contributed by atoms with Crippen LogP contribution in [0.25, 0.3) is 6.08 Å². The van der Waals surface area contributed by atoms with Crippen LogP contribution in [0.2, 0.25) is 0 Å². The second kappa shape index (κ2) is 6.61. The highest BCUT2D eigenvalue weighted by Gasteiger charge is 2.29. The summed E-state index contributed by atoms with van der Waals surface area (Å²) in [5, 5.41) is 9.51. The van der Waals surface area contributed by atoms with E-state index in [-0.39, 0.29) is 5.69 Å². The SMILES string of the molecule is Cc1c(O)c(=O)ccn1NC(=O)/C=C/c1ccc(C(F)(F)F)cc1. The van der Waals surface area contributed by atoms with Gasteiger partial charge in [-0.15, -0.1) is 0 Å². The van der Waals surface area contributed by atoms with E-state index in [4.69, 9.17) is 0 Å². The average molecular weight is 338 g/mol. The van der Waals surface area contributed by atoms with Gasteiger partial charge in [0, 0.05) is 18.3 Å². The van der Waals surface area contributed by atoms with Crippen molar-refractivity contribution >= 4 is 12.0 Å². The Morgan fingerprint density at radius 1 is 1.21 bits per heavy atom. The van der Waals surface area contributed by atoms with Crippen LogP contribution in [-0.2, 0) is 11.0 Å². The molecule has 126 valence electrons. The van der Waals surface area contributed by atoms with E-state index in [1.165, 1.54) is 31.3 Å². The fraction of sp³-hybridized carbons (Fsp3) is 0.125. The summed E-state index contributed by atoms with van der Waals surface area (Å²) in [7, 11) is 0. The first kappa shape index (κ1) is 17.3. The lowest BCUT2D eigenvalue weighted by Crippen LogP contribution is -2.24. The fourth-order valence-corrected chi connectivity index (χ4v) is 1.86. The predicted octanol–water partition coefficient (Wildman–Crippen LogP) is 2.66. The summed E-state index contributed by atoms with van der Waals surface area (Å²) in [4.78, 5) is 23.0. The number of pyridine rings is 1. The number of aromatic hydroxyl groups is 1. The van der Waals surface area contributed by atoms with Gasteiger partial charge in [0.15, 0.2) is 5.75 Å².